The molecule has 0 aliphatic rings. The maximum Gasteiger partial charge on any atom is 0.342 e. The number of esters is 1. The summed E-state index contributed by atoms with van der Waals surface area (Å²) in [5, 5.41) is 0. The van der Waals surface area contributed by atoms with Gasteiger partial charge in [-0.1, -0.05) is 12.1 Å². The molecule has 2 aromatic carbocycles. The Morgan fingerprint density at radius 2 is 1.40 bits per heavy atom. The summed E-state index contributed by atoms with van der Waals surface area (Å²) in [6.07, 6.45) is 0. The van der Waals surface area contributed by atoms with Crippen LogP contribution in [-0.2, 0) is 16.1 Å². The molecule has 30 heavy (non-hydrogen) atoms. The van der Waals surface area contributed by atoms with Gasteiger partial charge in [-0.25, -0.2) is 4.79 Å². The molecule has 0 saturated carbocycles. The number of amides is 1. The van der Waals surface area contributed by atoms with Gasteiger partial charge in [0.15, 0.2) is 18.1 Å². The molecular formula is C22H28N2O6. The highest BCUT2D eigenvalue weighted by Crippen LogP contribution is 2.34. The number of rotatable bonds is 9. The van der Waals surface area contributed by atoms with Gasteiger partial charge in [0, 0.05) is 45.5 Å². The molecule has 0 spiro atoms. The molecule has 0 atom stereocenters. The molecule has 0 fully saturated rings. The number of likely N-dealkylation sites (N-methyl/N-ethyl adjacent to an activating group) is 1. The fraction of sp³-hybridized carbons (Fsp3) is 0.364. The van der Waals surface area contributed by atoms with Crippen LogP contribution in [0.25, 0.3) is 0 Å². The van der Waals surface area contributed by atoms with Crippen molar-refractivity contribution < 1.29 is 28.5 Å². The van der Waals surface area contributed by atoms with Gasteiger partial charge in [-0.05, 0) is 17.7 Å². The number of hydrogen-bond donors (Lipinski definition) is 0. The van der Waals surface area contributed by atoms with Crippen LogP contribution in [-0.4, -0.2) is 65.9 Å². The largest absolute Gasteiger partial charge is 0.496 e. The summed E-state index contributed by atoms with van der Waals surface area (Å²) < 4.78 is 20.8. The van der Waals surface area contributed by atoms with Gasteiger partial charge < -0.3 is 28.7 Å². The van der Waals surface area contributed by atoms with Crippen molar-refractivity contribution in [2.24, 2.45) is 0 Å². The summed E-state index contributed by atoms with van der Waals surface area (Å²) in [6, 6.07) is 10.9. The zero-order chi connectivity index (χ0) is 22.3. The lowest BCUT2D eigenvalue weighted by atomic mass is 10.1. The molecule has 0 heterocycles. The number of ether oxygens (including phenoxy) is 4. The van der Waals surface area contributed by atoms with Crippen molar-refractivity contribution in [2.75, 3.05) is 54.0 Å². The second-order valence-electron chi connectivity index (χ2n) is 6.79. The standard InChI is InChI=1S/C22H28N2O6/c1-23(2)16-9-7-15(8-10-16)13-24(3)21(25)14-30-22(26)17-11-19(28-5)20(29-6)12-18(17)27-4/h7-12H,13-14H2,1-6H3. The smallest absolute Gasteiger partial charge is 0.342 e. The molecule has 2 rings (SSSR count). The number of benzene rings is 2. The zero-order valence-electron chi connectivity index (χ0n) is 18.2. The van der Waals surface area contributed by atoms with Crippen molar-refractivity contribution in [1.82, 2.24) is 4.90 Å². The predicted octanol–water partition coefficient (Wildman–Crippen LogP) is 2.59. The van der Waals surface area contributed by atoms with Gasteiger partial charge in [0.1, 0.15) is 11.3 Å². The highest BCUT2D eigenvalue weighted by molar-refractivity contribution is 5.95. The van der Waals surface area contributed by atoms with Gasteiger partial charge in [0.05, 0.1) is 21.3 Å². The zero-order valence-corrected chi connectivity index (χ0v) is 18.2. The van der Waals surface area contributed by atoms with Crippen LogP contribution in [0.4, 0.5) is 5.69 Å². The second-order valence-corrected chi connectivity index (χ2v) is 6.79. The summed E-state index contributed by atoms with van der Waals surface area (Å²) in [5.74, 6) is 0.0284. The van der Waals surface area contributed by atoms with E-state index in [2.05, 4.69) is 0 Å². The van der Waals surface area contributed by atoms with E-state index in [9.17, 15) is 9.59 Å². The molecule has 0 aromatic heterocycles. The summed E-state index contributed by atoms with van der Waals surface area (Å²) in [6.45, 7) is 0.0202. The minimum absolute atomic E-state index is 0.143. The number of anilines is 1. The van der Waals surface area contributed by atoms with E-state index >= 15 is 0 Å². The topological polar surface area (TPSA) is 77.5 Å². The van der Waals surface area contributed by atoms with E-state index in [1.54, 1.807) is 7.05 Å². The van der Waals surface area contributed by atoms with Crippen LogP contribution < -0.4 is 19.1 Å². The van der Waals surface area contributed by atoms with E-state index in [1.807, 2.05) is 43.3 Å². The van der Waals surface area contributed by atoms with Crippen LogP contribution in [0.2, 0.25) is 0 Å². The summed E-state index contributed by atoms with van der Waals surface area (Å²) in [5.41, 5.74) is 2.19. The molecule has 0 N–H and O–H groups in total. The molecule has 8 nitrogen and oxygen atoms in total. The highest BCUT2D eigenvalue weighted by Gasteiger charge is 2.20. The molecule has 8 heteroatoms. The van der Waals surface area contributed by atoms with Gasteiger partial charge in [0.25, 0.3) is 5.91 Å². The second kappa shape index (κ2) is 10.4. The fourth-order valence-corrected chi connectivity index (χ4v) is 2.77. The van der Waals surface area contributed by atoms with Gasteiger partial charge >= 0.3 is 5.97 Å². The normalized spacial score (nSPS) is 10.2. The molecule has 0 aliphatic carbocycles. The molecule has 0 saturated heterocycles. The third-order valence-electron chi connectivity index (χ3n) is 4.55. The van der Waals surface area contributed by atoms with E-state index < -0.39 is 5.97 Å². The Labute approximate surface area is 176 Å². The average molecular weight is 416 g/mol. The van der Waals surface area contributed by atoms with E-state index in [0.29, 0.717) is 18.0 Å². The van der Waals surface area contributed by atoms with Crippen LogP contribution in [0.1, 0.15) is 15.9 Å². The minimum Gasteiger partial charge on any atom is -0.496 e. The van der Waals surface area contributed by atoms with E-state index in [4.69, 9.17) is 18.9 Å². The van der Waals surface area contributed by atoms with Crippen LogP contribution in [0.15, 0.2) is 36.4 Å². The van der Waals surface area contributed by atoms with Gasteiger partial charge in [-0.15, -0.1) is 0 Å². The molecule has 0 radical (unpaired) electrons. The molecule has 0 aliphatic heterocycles. The average Bonchev–Trinajstić information content (AvgIpc) is 2.76. The maximum atomic E-state index is 12.5. The monoisotopic (exact) mass is 416 g/mol. The Morgan fingerprint density at radius 1 is 0.833 bits per heavy atom. The molecule has 2 aromatic rings. The third kappa shape index (κ3) is 5.56. The van der Waals surface area contributed by atoms with Crippen molar-refractivity contribution in [1.29, 1.82) is 0 Å². The predicted molar refractivity (Wildman–Crippen MR) is 114 cm³/mol. The van der Waals surface area contributed by atoms with Gasteiger partial charge in [-0.2, -0.15) is 0 Å². The van der Waals surface area contributed by atoms with Crippen molar-refractivity contribution >= 4 is 17.6 Å². The fourth-order valence-electron chi connectivity index (χ4n) is 2.77. The first-order chi connectivity index (χ1) is 14.3. The SMILES string of the molecule is COc1cc(OC)c(C(=O)OCC(=O)N(C)Cc2ccc(N(C)C)cc2)cc1OC. The Kier molecular flexibility index (Phi) is 7.91. The number of hydrogen-bond acceptors (Lipinski definition) is 7. The first-order valence-electron chi connectivity index (χ1n) is 9.28. The summed E-state index contributed by atoms with van der Waals surface area (Å²) in [4.78, 5) is 28.4. The van der Waals surface area contributed by atoms with Crippen molar-refractivity contribution in [3.8, 4) is 17.2 Å². The minimum atomic E-state index is -0.690. The number of methoxy groups -OCH3 is 3. The number of carbonyl (C=O) groups is 2. The lowest BCUT2D eigenvalue weighted by molar-refractivity contribution is -0.133. The lowest BCUT2D eigenvalue weighted by Crippen LogP contribution is -2.30. The Morgan fingerprint density at radius 3 is 1.93 bits per heavy atom. The Balaban J connectivity index is 2.00. The third-order valence-corrected chi connectivity index (χ3v) is 4.55. The van der Waals surface area contributed by atoms with Crippen LogP contribution in [0.5, 0.6) is 17.2 Å². The van der Waals surface area contributed by atoms with Crippen molar-refractivity contribution in [3.63, 3.8) is 0 Å². The van der Waals surface area contributed by atoms with E-state index in [-0.39, 0.29) is 23.8 Å². The maximum absolute atomic E-state index is 12.5. The Hall–Kier alpha value is -3.42. The summed E-state index contributed by atoms with van der Waals surface area (Å²) in [7, 11) is 9.96. The lowest BCUT2D eigenvalue weighted by Gasteiger charge is -2.19. The van der Waals surface area contributed by atoms with E-state index in [1.165, 1.54) is 38.4 Å². The molecule has 1 amide bonds. The van der Waals surface area contributed by atoms with E-state index in [0.717, 1.165) is 11.3 Å². The molecular weight excluding hydrogens is 388 g/mol. The van der Waals surface area contributed by atoms with Crippen molar-refractivity contribution in [2.45, 2.75) is 6.54 Å². The van der Waals surface area contributed by atoms with Crippen LogP contribution >= 0.6 is 0 Å². The van der Waals surface area contributed by atoms with Crippen molar-refractivity contribution in [3.05, 3.63) is 47.5 Å². The number of nitrogens with zero attached hydrogens (tertiary/aromatic N) is 2. The Bertz CT molecular complexity index is 880. The molecule has 0 bridgehead atoms. The molecule has 162 valence electrons. The van der Waals surface area contributed by atoms with Crippen LogP contribution in [0, 0.1) is 0 Å². The quantitative estimate of drug-likeness (QED) is 0.582. The number of carbonyl (C=O) groups excluding carboxylic acids is 2. The first-order valence-corrected chi connectivity index (χ1v) is 9.28. The first kappa shape index (κ1) is 22.9. The van der Waals surface area contributed by atoms with Crippen LogP contribution in [0.3, 0.4) is 0 Å². The van der Waals surface area contributed by atoms with Gasteiger partial charge in [0.2, 0.25) is 0 Å². The van der Waals surface area contributed by atoms with Gasteiger partial charge in [-0.3, -0.25) is 4.79 Å². The molecule has 0 unspecified atom stereocenters. The summed E-state index contributed by atoms with van der Waals surface area (Å²) >= 11 is 0. The highest BCUT2D eigenvalue weighted by atomic mass is 16.5.